The molecule has 1 N–H and O–H groups in total. The summed E-state index contributed by atoms with van der Waals surface area (Å²) < 4.78 is 3.38. The molecule has 0 radical (unpaired) electrons. The monoisotopic (exact) mass is 343 g/mol. The Labute approximate surface area is 145 Å². The summed E-state index contributed by atoms with van der Waals surface area (Å²) >= 11 is 6.16. The first-order valence-corrected chi connectivity index (χ1v) is 7.94. The van der Waals surface area contributed by atoms with Gasteiger partial charge >= 0.3 is 0 Å². The maximum absolute atomic E-state index is 12.5. The van der Waals surface area contributed by atoms with Gasteiger partial charge in [-0.15, -0.1) is 0 Å². The molecule has 1 amide bonds. The van der Waals surface area contributed by atoms with Gasteiger partial charge in [0, 0.05) is 24.5 Å². The second-order valence-corrected chi connectivity index (χ2v) is 6.04. The number of hydrogen-bond acceptors (Lipinski definition) is 3. The van der Waals surface area contributed by atoms with E-state index >= 15 is 0 Å². The number of hydrogen-bond donors (Lipinski definition) is 1. The molecule has 0 aliphatic heterocycles. The molecule has 3 rings (SSSR count). The number of amides is 1. The van der Waals surface area contributed by atoms with Crippen molar-refractivity contribution in [1.29, 1.82) is 0 Å². The minimum atomic E-state index is -0.191. The van der Waals surface area contributed by atoms with Crippen molar-refractivity contribution in [2.45, 2.75) is 19.9 Å². The van der Waals surface area contributed by atoms with Crippen molar-refractivity contribution in [3.05, 3.63) is 64.7 Å². The van der Waals surface area contributed by atoms with Crippen molar-refractivity contribution in [1.82, 2.24) is 24.9 Å². The molecule has 0 saturated heterocycles. The van der Waals surface area contributed by atoms with Crippen LogP contribution in [-0.2, 0) is 7.05 Å². The summed E-state index contributed by atoms with van der Waals surface area (Å²) in [6, 6.07) is 7.20. The topological polar surface area (TPSA) is 64.7 Å². The van der Waals surface area contributed by atoms with Gasteiger partial charge in [0.25, 0.3) is 5.91 Å². The molecule has 0 fully saturated rings. The van der Waals surface area contributed by atoms with Crippen molar-refractivity contribution in [2.75, 3.05) is 0 Å². The van der Waals surface area contributed by atoms with Crippen LogP contribution in [0.1, 0.15) is 34.6 Å². The van der Waals surface area contributed by atoms with Crippen molar-refractivity contribution in [2.24, 2.45) is 7.05 Å². The number of halogens is 1. The summed E-state index contributed by atoms with van der Waals surface area (Å²) in [4.78, 5) is 12.5. The van der Waals surface area contributed by atoms with Gasteiger partial charge in [-0.25, -0.2) is 4.68 Å². The highest BCUT2D eigenvalue weighted by molar-refractivity contribution is 6.32. The predicted octanol–water partition coefficient (Wildman–Crippen LogP) is 3.06. The van der Waals surface area contributed by atoms with Crippen LogP contribution in [0.2, 0.25) is 5.02 Å². The number of nitrogens with zero attached hydrogens (tertiary/aromatic N) is 4. The molecule has 0 bridgehead atoms. The maximum Gasteiger partial charge on any atom is 0.254 e. The van der Waals surface area contributed by atoms with Crippen LogP contribution in [0.5, 0.6) is 0 Å². The van der Waals surface area contributed by atoms with Crippen LogP contribution < -0.4 is 5.32 Å². The van der Waals surface area contributed by atoms with Gasteiger partial charge < -0.3 is 5.32 Å². The lowest BCUT2D eigenvalue weighted by molar-refractivity contribution is 0.0940. The van der Waals surface area contributed by atoms with Gasteiger partial charge in [-0.1, -0.05) is 23.7 Å². The van der Waals surface area contributed by atoms with Gasteiger partial charge in [0.05, 0.1) is 34.7 Å². The fourth-order valence-corrected chi connectivity index (χ4v) is 2.73. The normalized spacial score (nSPS) is 12.2. The number of carbonyl (C=O) groups is 1. The van der Waals surface area contributed by atoms with Crippen LogP contribution in [0.25, 0.3) is 5.69 Å². The van der Waals surface area contributed by atoms with E-state index in [9.17, 15) is 4.79 Å². The highest BCUT2D eigenvalue weighted by Crippen LogP contribution is 2.20. The van der Waals surface area contributed by atoms with Crippen LogP contribution in [0.3, 0.4) is 0 Å². The Morgan fingerprint density at radius 2 is 2.00 bits per heavy atom. The number of nitrogens with one attached hydrogen (secondary N) is 1. The highest BCUT2D eigenvalue weighted by atomic mass is 35.5. The lowest BCUT2D eigenvalue weighted by Gasteiger charge is -2.13. The molecule has 0 aliphatic carbocycles. The summed E-state index contributed by atoms with van der Waals surface area (Å²) in [6.45, 7) is 3.90. The summed E-state index contributed by atoms with van der Waals surface area (Å²) in [7, 11) is 1.88. The molecule has 2 aromatic heterocycles. The Hall–Kier alpha value is -2.60. The molecular formula is C17H18ClN5O. The van der Waals surface area contributed by atoms with E-state index in [2.05, 4.69) is 15.5 Å². The number of para-hydroxylation sites is 1. The minimum absolute atomic E-state index is 0.144. The molecule has 7 heteroatoms. The zero-order valence-electron chi connectivity index (χ0n) is 13.7. The lowest BCUT2D eigenvalue weighted by atomic mass is 10.1. The zero-order valence-corrected chi connectivity index (χ0v) is 14.4. The van der Waals surface area contributed by atoms with Crippen molar-refractivity contribution in [3.8, 4) is 5.69 Å². The third-order valence-corrected chi connectivity index (χ3v) is 4.35. The second kappa shape index (κ2) is 6.49. The smallest absolute Gasteiger partial charge is 0.254 e. The van der Waals surface area contributed by atoms with Crippen molar-refractivity contribution < 1.29 is 4.79 Å². The summed E-state index contributed by atoms with van der Waals surface area (Å²) in [5.74, 6) is -0.191. The van der Waals surface area contributed by atoms with Gasteiger partial charge in [0.2, 0.25) is 0 Å². The minimum Gasteiger partial charge on any atom is -0.345 e. The Bertz CT molecular complexity index is 883. The SMILES string of the molecule is Cc1c(C(C)NC(=O)c2cnn(-c3ccccc3Cl)c2)cnn1C. The molecule has 0 aliphatic rings. The molecule has 1 unspecified atom stereocenters. The zero-order chi connectivity index (χ0) is 17.3. The average Bonchev–Trinajstić information content (AvgIpc) is 3.16. The van der Waals surface area contributed by atoms with Gasteiger partial charge in [-0.2, -0.15) is 10.2 Å². The Kier molecular flexibility index (Phi) is 4.40. The number of aromatic nitrogens is 4. The Balaban J connectivity index is 1.77. The Morgan fingerprint density at radius 1 is 1.25 bits per heavy atom. The molecule has 2 heterocycles. The predicted molar refractivity (Wildman–Crippen MR) is 92.4 cm³/mol. The number of carbonyl (C=O) groups excluding carboxylic acids is 1. The van der Waals surface area contributed by atoms with Gasteiger partial charge in [0.15, 0.2) is 0 Å². The number of benzene rings is 1. The van der Waals surface area contributed by atoms with E-state index in [-0.39, 0.29) is 11.9 Å². The fourth-order valence-electron chi connectivity index (χ4n) is 2.51. The van der Waals surface area contributed by atoms with Gasteiger partial charge in [-0.3, -0.25) is 9.48 Å². The van der Waals surface area contributed by atoms with Gasteiger partial charge in [-0.05, 0) is 26.0 Å². The molecule has 124 valence electrons. The molecule has 1 atom stereocenters. The molecule has 24 heavy (non-hydrogen) atoms. The number of rotatable bonds is 4. The summed E-state index contributed by atoms with van der Waals surface area (Å²) in [6.07, 6.45) is 4.97. The third kappa shape index (κ3) is 3.05. The van der Waals surface area contributed by atoms with E-state index in [0.717, 1.165) is 16.9 Å². The molecule has 0 spiro atoms. The van der Waals surface area contributed by atoms with E-state index < -0.39 is 0 Å². The fraction of sp³-hybridized carbons (Fsp3) is 0.235. The molecule has 1 aromatic carbocycles. The van der Waals surface area contributed by atoms with E-state index in [4.69, 9.17) is 11.6 Å². The quantitative estimate of drug-likeness (QED) is 0.791. The first-order valence-electron chi connectivity index (χ1n) is 7.56. The first kappa shape index (κ1) is 16.3. The highest BCUT2D eigenvalue weighted by Gasteiger charge is 2.17. The van der Waals surface area contributed by atoms with E-state index in [1.165, 1.54) is 6.20 Å². The first-order chi connectivity index (χ1) is 11.5. The van der Waals surface area contributed by atoms with E-state index in [1.807, 2.05) is 39.1 Å². The molecule has 6 nitrogen and oxygen atoms in total. The van der Waals surface area contributed by atoms with Crippen LogP contribution in [0, 0.1) is 6.92 Å². The molecule has 3 aromatic rings. The lowest BCUT2D eigenvalue weighted by Crippen LogP contribution is -2.26. The average molecular weight is 344 g/mol. The van der Waals surface area contributed by atoms with Crippen LogP contribution >= 0.6 is 11.6 Å². The van der Waals surface area contributed by atoms with Crippen LogP contribution in [-0.4, -0.2) is 25.5 Å². The van der Waals surface area contributed by atoms with Gasteiger partial charge in [0.1, 0.15) is 0 Å². The summed E-state index contributed by atoms with van der Waals surface area (Å²) in [5, 5.41) is 12.0. The van der Waals surface area contributed by atoms with Crippen LogP contribution in [0.15, 0.2) is 42.9 Å². The van der Waals surface area contributed by atoms with E-state index in [1.54, 1.807) is 27.8 Å². The summed E-state index contributed by atoms with van der Waals surface area (Å²) in [5.41, 5.74) is 3.22. The van der Waals surface area contributed by atoms with Crippen LogP contribution in [0.4, 0.5) is 0 Å². The van der Waals surface area contributed by atoms with E-state index in [0.29, 0.717) is 10.6 Å². The Morgan fingerprint density at radius 3 is 2.67 bits per heavy atom. The largest absolute Gasteiger partial charge is 0.345 e. The second-order valence-electron chi connectivity index (χ2n) is 5.63. The molecular weight excluding hydrogens is 326 g/mol. The number of aryl methyl sites for hydroxylation is 1. The van der Waals surface area contributed by atoms with Crippen molar-refractivity contribution in [3.63, 3.8) is 0 Å². The standard InChI is InChI=1S/C17H18ClN5O/c1-11(14-9-19-22(3)12(14)2)21-17(24)13-8-20-23(10-13)16-7-5-4-6-15(16)18/h4-11H,1-3H3,(H,21,24). The third-order valence-electron chi connectivity index (χ3n) is 4.03. The maximum atomic E-state index is 12.5. The van der Waals surface area contributed by atoms with Crippen molar-refractivity contribution >= 4 is 17.5 Å². The molecule has 0 saturated carbocycles.